The molecule has 0 amide bonds. The Bertz CT molecular complexity index is 1000. The molecule has 4 heterocycles. The number of nitrogens with one attached hydrogen (secondary N) is 1. The summed E-state index contributed by atoms with van der Waals surface area (Å²) >= 11 is 0. The second-order valence-corrected chi connectivity index (χ2v) is 8.27. The number of hydrogen-bond acceptors (Lipinski definition) is 6. The largest absolute Gasteiger partial charge is 0.507 e. The molecule has 2 saturated heterocycles. The quantitative estimate of drug-likeness (QED) is 0.713. The molecular weight excluding hydrogens is 364 g/mol. The minimum atomic E-state index is 0.180. The van der Waals surface area contributed by atoms with Crippen LogP contribution in [0.1, 0.15) is 31.4 Å². The maximum atomic E-state index is 10.5. The van der Waals surface area contributed by atoms with E-state index in [1.54, 1.807) is 12.4 Å². The molecule has 2 unspecified atom stereocenters. The highest BCUT2D eigenvalue weighted by Crippen LogP contribution is 2.32. The van der Waals surface area contributed by atoms with E-state index in [1.165, 1.54) is 12.8 Å². The SMILES string of the molecule is Cc1cn(-c2ccc(-c3ccc(N(C)C4CC5CCC(C4)N5)nn3)c(O)c2)cn1. The normalized spacial score (nSPS) is 23.3. The Morgan fingerprint density at radius 3 is 2.52 bits per heavy atom. The number of phenolic OH excluding ortho intramolecular Hbond substituents is 1. The molecule has 2 fully saturated rings. The Balaban J connectivity index is 1.34. The Morgan fingerprint density at radius 2 is 1.90 bits per heavy atom. The summed E-state index contributed by atoms with van der Waals surface area (Å²) < 4.78 is 1.88. The monoisotopic (exact) mass is 390 g/mol. The highest BCUT2D eigenvalue weighted by atomic mass is 16.3. The molecular formula is C22H26N6O. The van der Waals surface area contributed by atoms with Gasteiger partial charge in [0.2, 0.25) is 0 Å². The van der Waals surface area contributed by atoms with Crippen molar-refractivity contribution in [1.29, 1.82) is 0 Å². The number of piperidine rings is 1. The first-order valence-corrected chi connectivity index (χ1v) is 10.2. The van der Waals surface area contributed by atoms with Gasteiger partial charge in [0.05, 0.1) is 23.4 Å². The fraction of sp³-hybridized carbons (Fsp3) is 0.409. The van der Waals surface area contributed by atoms with Crippen LogP contribution >= 0.6 is 0 Å². The van der Waals surface area contributed by atoms with E-state index in [0.717, 1.165) is 30.0 Å². The fourth-order valence-electron chi connectivity index (χ4n) is 4.65. The number of rotatable bonds is 4. The Kier molecular flexibility index (Phi) is 4.47. The summed E-state index contributed by atoms with van der Waals surface area (Å²) in [6.07, 6.45) is 8.55. The second kappa shape index (κ2) is 7.15. The molecule has 0 spiro atoms. The number of imidazole rings is 1. The molecule has 0 radical (unpaired) electrons. The van der Waals surface area contributed by atoms with Gasteiger partial charge < -0.3 is 19.9 Å². The van der Waals surface area contributed by atoms with Crippen LogP contribution < -0.4 is 10.2 Å². The number of fused-ring (bicyclic) bond motifs is 2. The van der Waals surface area contributed by atoms with Crippen LogP contribution in [0.15, 0.2) is 42.9 Å². The van der Waals surface area contributed by atoms with E-state index in [2.05, 4.69) is 32.4 Å². The lowest BCUT2D eigenvalue weighted by Gasteiger charge is -2.36. The van der Waals surface area contributed by atoms with E-state index in [1.807, 2.05) is 42.0 Å². The van der Waals surface area contributed by atoms with Crippen molar-refractivity contribution in [2.24, 2.45) is 0 Å². The van der Waals surface area contributed by atoms with Crippen molar-refractivity contribution < 1.29 is 5.11 Å². The van der Waals surface area contributed by atoms with E-state index in [9.17, 15) is 5.11 Å². The van der Waals surface area contributed by atoms with Gasteiger partial charge in [0, 0.05) is 43.0 Å². The lowest BCUT2D eigenvalue weighted by atomic mass is 9.98. The average Bonchev–Trinajstić information content (AvgIpc) is 3.32. The first kappa shape index (κ1) is 18.1. The Hall–Kier alpha value is -2.93. The number of phenols is 1. The number of aromatic nitrogens is 4. The molecule has 7 nitrogen and oxygen atoms in total. The third kappa shape index (κ3) is 3.46. The number of nitrogens with zero attached hydrogens (tertiary/aromatic N) is 5. The van der Waals surface area contributed by atoms with Crippen LogP contribution in [-0.2, 0) is 0 Å². The van der Waals surface area contributed by atoms with Gasteiger partial charge in [0.15, 0.2) is 5.82 Å². The molecule has 2 atom stereocenters. The van der Waals surface area contributed by atoms with Gasteiger partial charge in [0.1, 0.15) is 5.75 Å². The predicted molar refractivity (Wildman–Crippen MR) is 112 cm³/mol. The van der Waals surface area contributed by atoms with Crippen molar-refractivity contribution in [2.45, 2.75) is 50.7 Å². The summed E-state index contributed by atoms with van der Waals surface area (Å²) in [6, 6.07) is 11.3. The van der Waals surface area contributed by atoms with Crippen LogP contribution in [-0.4, -0.2) is 50.0 Å². The van der Waals surface area contributed by atoms with Gasteiger partial charge in [-0.3, -0.25) is 0 Å². The van der Waals surface area contributed by atoms with E-state index in [0.29, 0.717) is 29.4 Å². The topological polar surface area (TPSA) is 79.1 Å². The molecule has 2 aromatic heterocycles. The highest BCUT2D eigenvalue weighted by molar-refractivity contribution is 5.69. The maximum Gasteiger partial charge on any atom is 0.151 e. The summed E-state index contributed by atoms with van der Waals surface area (Å²) in [7, 11) is 2.11. The first-order chi connectivity index (χ1) is 14.1. The Labute approximate surface area is 170 Å². The zero-order valence-corrected chi connectivity index (χ0v) is 16.8. The van der Waals surface area contributed by atoms with E-state index in [-0.39, 0.29) is 5.75 Å². The van der Waals surface area contributed by atoms with Crippen LogP contribution in [0.25, 0.3) is 16.9 Å². The van der Waals surface area contributed by atoms with Crippen LogP contribution in [0.4, 0.5) is 5.82 Å². The van der Waals surface area contributed by atoms with Crippen LogP contribution in [0.3, 0.4) is 0 Å². The van der Waals surface area contributed by atoms with Crippen molar-refractivity contribution in [1.82, 2.24) is 25.1 Å². The average molecular weight is 390 g/mol. The standard InChI is InChI=1S/C22H26N6O/c1-14-12-28(13-23-14)17-5-6-19(21(29)11-17)20-7-8-22(26-25-20)27(2)18-9-15-3-4-16(10-18)24-15/h5-8,11-13,15-16,18,24,29H,3-4,9-10H2,1-2H3. The van der Waals surface area contributed by atoms with Crippen molar-refractivity contribution in [3.8, 4) is 22.7 Å². The van der Waals surface area contributed by atoms with Gasteiger partial charge in [-0.25, -0.2) is 4.98 Å². The molecule has 2 aliphatic heterocycles. The number of aromatic hydroxyl groups is 1. The van der Waals surface area contributed by atoms with Crippen LogP contribution in [0.5, 0.6) is 5.75 Å². The van der Waals surface area contributed by atoms with Gasteiger partial charge in [-0.15, -0.1) is 10.2 Å². The maximum absolute atomic E-state index is 10.5. The molecule has 1 aromatic carbocycles. The zero-order valence-electron chi connectivity index (χ0n) is 16.8. The van der Waals surface area contributed by atoms with E-state index in [4.69, 9.17) is 0 Å². The summed E-state index contributed by atoms with van der Waals surface area (Å²) in [5.41, 5.74) is 3.13. The zero-order chi connectivity index (χ0) is 20.0. The number of hydrogen-bond donors (Lipinski definition) is 2. The van der Waals surface area contributed by atoms with E-state index >= 15 is 0 Å². The first-order valence-electron chi connectivity index (χ1n) is 10.2. The van der Waals surface area contributed by atoms with Crippen molar-refractivity contribution in [3.05, 3.63) is 48.5 Å². The molecule has 7 heteroatoms. The third-order valence-electron chi connectivity index (χ3n) is 6.27. The van der Waals surface area contributed by atoms with Gasteiger partial charge in [-0.05, 0) is 56.9 Å². The minimum absolute atomic E-state index is 0.180. The molecule has 0 saturated carbocycles. The number of benzene rings is 1. The molecule has 0 aliphatic carbocycles. The minimum Gasteiger partial charge on any atom is -0.507 e. The third-order valence-corrected chi connectivity index (χ3v) is 6.27. The molecule has 2 bridgehead atoms. The van der Waals surface area contributed by atoms with Crippen LogP contribution in [0, 0.1) is 6.92 Å². The van der Waals surface area contributed by atoms with Crippen molar-refractivity contribution in [2.75, 3.05) is 11.9 Å². The van der Waals surface area contributed by atoms with Gasteiger partial charge in [-0.1, -0.05) is 0 Å². The van der Waals surface area contributed by atoms with Gasteiger partial charge in [-0.2, -0.15) is 0 Å². The number of aryl methyl sites for hydroxylation is 1. The molecule has 150 valence electrons. The number of anilines is 1. The van der Waals surface area contributed by atoms with Crippen molar-refractivity contribution in [3.63, 3.8) is 0 Å². The van der Waals surface area contributed by atoms with Crippen molar-refractivity contribution >= 4 is 5.82 Å². The second-order valence-electron chi connectivity index (χ2n) is 8.27. The van der Waals surface area contributed by atoms with Gasteiger partial charge in [0.25, 0.3) is 0 Å². The molecule has 29 heavy (non-hydrogen) atoms. The van der Waals surface area contributed by atoms with Gasteiger partial charge >= 0.3 is 0 Å². The summed E-state index contributed by atoms with van der Waals surface area (Å²) in [5.74, 6) is 1.06. The molecule has 5 rings (SSSR count). The summed E-state index contributed by atoms with van der Waals surface area (Å²) in [5, 5.41) is 23.1. The molecule has 2 aliphatic rings. The Morgan fingerprint density at radius 1 is 1.10 bits per heavy atom. The summed E-state index contributed by atoms with van der Waals surface area (Å²) in [4.78, 5) is 6.49. The lowest BCUT2D eigenvalue weighted by Crippen LogP contribution is -2.47. The van der Waals surface area contributed by atoms with Crippen LogP contribution in [0.2, 0.25) is 0 Å². The predicted octanol–water partition coefficient (Wildman–Crippen LogP) is 3.06. The highest BCUT2D eigenvalue weighted by Gasteiger charge is 2.35. The lowest BCUT2D eigenvalue weighted by molar-refractivity contribution is 0.353. The molecule has 3 aromatic rings. The summed E-state index contributed by atoms with van der Waals surface area (Å²) in [6.45, 7) is 1.94. The fourth-order valence-corrected chi connectivity index (χ4v) is 4.65. The smallest absolute Gasteiger partial charge is 0.151 e. The molecule has 2 N–H and O–H groups in total. The van der Waals surface area contributed by atoms with E-state index < -0.39 is 0 Å².